The Kier molecular flexibility index (Phi) is 3.98. The van der Waals surface area contributed by atoms with Crippen molar-refractivity contribution < 1.29 is 24.2 Å². The molecule has 0 bridgehead atoms. The first-order valence-corrected chi connectivity index (χ1v) is 6.77. The maximum Gasteiger partial charge on any atom is 0.413 e. The number of nitrogens with one attached hydrogen (secondary N) is 2. The summed E-state index contributed by atoms with van der Waals surface area (Å²) >= 11 is 0. The number of imidazole rings is 1. The van der Waals surface area contributed by atoms with Crippen LogP contribution >= 0.6 is 0 Å². The number of carbonyl (C=O) groups is 2. The number of aromatic amines is 1. The molecule has 0 aliphatic rings. The fourth-order valence-electron chi connectivity index (χ4n) is 2.00. The van der Waals surface area contributed by atoms with Gasteiger partial charge >= 0.3 is 12.1 Å². The molecule has 3 N–H and O–H groups in total. The molecule has 9 heteroatoms. The Morgan fingerprint density at radius 1 is 1.29 bits per heavy atom. The van der Waals surface area contributed by atoms with Crippen LogP contribution in [0.1, 0.15) is 10.4 Å². The fourth-order valence-corrected chi connectivity index (χ4v) is 2.00. The van der Waals surface area contributed by atoms with Gasteiger partial charge < -0.3 is 19.6 Å². The Morgan fingerprint density at radius 3 is 2.83 bits per heavy atom. The van der Waals surface area contributed by atoms with Crippen LogP contribution in [0, 0.1) is 0 Å². The number of carboxylic acids is 1. The number of hydrogen-bond donors (Lipinski definition) is 3. The van der Waals surface area contributed by atoms with Crippen molar-refractivity contribution in [3.63, 3.8) is 0 Å². The highest BCUT2D eigenvalue weighted by Gasteiger charge is 2.13. The highest BCUT2D eigenvalue weighted by atomic mass is 16.5. The predicted octanol–water partition coefficient (Wildman–Crippen LogP) is 2.63. The summed E-state index contributed by atoms with van der Waals surface area (Å²) in [6.07, 6.45) is 0.752. The van der Waals surface area contributed by atoms with Crippen molar-refractivity contribution in [2.75, 3.05) is 12.4 Å². The summed E-state index contributed by atoms with van der Waals surface area (Å²) in [5.74, 6) is -0.418. The number of benzene rings is 1. The zero-order valence-corrected chi connectivity index (χ0v) is 12.4. The molecule has 122 valence electrons. The van der Waals surface area contributed by atoms with Crippen LogP contribution in [0.3, 0.4) is 0 Å². The zero-order valence-electron chi connectivity index (χ0n) is 12.4. The van der Waals surface area contributed by atoms with Crippen molar-refractivity contribution in [3.8, 4) is 11.5 Å². The molecule has 3 rings (SSSR count). The van der Waals surface area contributed by atoms with Gasteiger partial charge in [-0.15, -0.1) is 0 Å². The monoisotopic (exact) mass is 328 g/mol. The summed E-state index contributed by atoms with van der Waals surface area (Å²) < 4.78 is 10.1. The van der Waals surface area contributed by atoms with Crippen LogP contribution in [-0.4, -0.2) is 39.2 Å². The lowest BCUT2D eigenvalue weighted by Crippen LogP contribution is -2.11. The molecule has 3 aromatic rings. The van der Waals surface area contributed by atoms with E-state index in [4.69, 9.17) is 9.84 Å². The van der Waals surface area contributed by atoms with Crippen molar-refractivity contribution in [3.05, 3.63) is 42.1 Å². The van der Waals surface area contributed by atoms with E-state index in [2.05, 4.69) is 25.0 Å². The maximum atomic E-state index is 11.2. The number of rotatable bonds is 4. The lowest BCUT2D eigenvalue weighted by atomic mass is 10.2. The van der Waals surface area contributed by atoms with Crippen molar-refractivity contribution in [2.24, 2.45) is 0 Å². The Balaban J connectivity index is 1.88. The van der Waals surface area contributed by atoms with Crippen LogP contribution in [0.5, 0.6) is 11.5 Å². The highest BCUT2D eigenvalue weighted by Crippen LogP contribution is 2.26. The van der Waals surface area contributed by atoms with Gasteiger partial charge in [0.05, 0.1) is 13.3 Å². The van der Waals surface area contributed by atoms with E-state index in [1.54, 1.807) is 24.3 Å². The lowest BCUT2D eigenvalue weighted by molar-refractivity contribution is 0.0694. The second kappa shape index (κ2) is 6.24. The van der Waals surface area contributed by atoms with Gasteiger partial charge in [-0.1, -0.05) is 12.1 Å². The Morgan fingerprint density at radius 2 is 2.08 bits per heavy atom. The molecular weight excluding hydrogens is 316 g/mol. The molecule has 0 saturated heterocycles. The van der Waals surface area contributed by atoms with Crippen LogP contribution in [0.15, 0.2) is 36.5 Å². The summed E-state index contributed by atoms with van der Waals surface area (Å²) in [7, 11) is 1.24. The molecule has 0 radical (unpaired) electrons. The molecule has 0 spiro atoms. The lowest BCUT2D eigenvalue weighted by Gasteiger charge is -2.07. The van der Waals surface area contributed by atoms with Crippen LogP contribution in [0.25, 0.3) is 11.2 Å². The number of aromatic carboxylic acids is 1. The van der Waals surface area contributed by atoms with Crippen LogP contribution in [0.2, 0.25) is 0 Å². The number of fused-ring (bicyclic) bond motifs is 1. The van der Waals surface area contributed by atoms with Gasteiger partial charge in [0.15, 0.2) is 5.65 Å². The van der Waals surface area contributed by atoms with E-state index < -0.39 is 12.1 Å². The molecule has 24 heavy (non-hydrogen) atoms. The third-order valence-corrected chi connectivity index (χ3v) is 3.06. The van der Waals surface area contributed by atoms with Gasteiger partial charge in [-0.05, 0) is 12.1 Å². The second-order valence-corrected chi connectivity index (χ2v) is 4.64. The fraction of sp³-hybridized carbons (Fsp3) is 0.0667. The maximum absolute atomic E-state index is 11.2. The Labute approximate surface area is 135 Å². The smallest absolute Gasteiger partial charge is 0.413 e. The second-order valence-electron chi connectivity index (χ2n) is 4.64. The van der Waals surface area contributed by atoms with Gasteiger partial charge in [0.25, 0.3) is 0 Å². The number of H-pyrrole nitrogens is 1. The van der Waals surface area contributed by atoms with Crippen LogP contribution < -0.4 is 10.1 Å². The number of amides is 1. The van der Waals surface area contributed by atoms with Gasteiger partial charge in [0.1, 0.15) is 22.6 Å². The van der Waals surface area contributed by atoms with Gasteiger partial charge in [-0.25, -0.2) is 19.6 Å². The third kappa shape index (κ3) is 3.09. The predicted molar refractivity (Wildman–Crippen MR) is 83.4 cm³/mol. The molecule has 0 unspecified atom stereocenters. The minimum atomic E-state index is -1.09. The summed E-state index contributed by atoms with van der Waals surface area (Å²) in [5.41, 5.74) is 0.902. The third-order valence-electron chi connectivity index (χ3n) is 3.06. The number of carboxylic acid groups (broad SMARTS) is 1. The highest BCUT2D eigenvalue weighted by molar-refractivity contribution is 5.91. The van der Waals surface area contributed by atoms with Crippen molar-refractivity contribution >= 4 is 29.2 Å². The van der Waals surface area contributed by atoms with Crippen LogP contribution in [0.4, 0.5) is 10.7 Å². The largest absolute Gasteiger partial charge is 0.478 e. The Bertz CT molecular complexity index is 921. The molecule has 0 saturated carbocycles. The first kappa shape index (κ1) is 15.3. The number of aromatic nitrogens is 3. The molecule has 2 heterocycles. The van der Waals surface area contributed by atoms with Crippen molar-refractivity contribution in [1.29, 1.82) is 0 Å². The Hall–Kier alpha value is -3.62. The van der Waals surface area contributed by atoms with E-state index in [-0.39, 0.29) is 17.3 Å². The molecule has 0 aliphatic heterocycles. The first-order valence-electron chi connectivity index (χ1n) is 6.77. The minimum absolute atomic E-state index is 0.0349. The van der Waals surface area contributed by atoms with Crippen molar-refractivity contribution in [2.45, 2.75) is 0 Å². The average molecular weight is 328 g/mol. The SMILES string of the molecule is COC(=O)Nc1nc2cc(Oc3ccccc3C(=O)O)cnc2[nH]1. The average Bonchev–Trinajstić information content (AvgIpc) is 2.96. The quantitative estimate of drug-likeness (QED) is 0.672. The van der Waals surface area contributed by atoms with E-state index in [0.717, 1.165) is 0 Å². The first-order chi connectivity index (χ1) is 11.6. The van der Waals surface area contributed by atoms with Gasteiger partial charge in [-0.2, -0.15) is 0 Å². The number of ether oxygens (including phenoxy) is 2. The van der Waals surface area contributed by atoms with Crippen LogP contribution in [-0.2, 0) is 4.74 Å². The number of carbonyl (C=O) groups excluding carboxylic acids is 1. The molecule has 9 nitrogen and oxygen atoms in total. The van der Waals surface area contributed by atoms with Gasteiger partial charge in [-0.3, -0.25) is 5.32 Å². The molecule has 1 aromatic carbocycles. The standard InChI is InChI=1S/C15H12N4O5/c1-23-15(22)19-14-17-10-6-8(7-16-12(10)18-14)24-11-5-3-2-4-9(11)13(20)21/h2-7H,1H3,(H,20,21)(H2,16,17,18,19,22). The van der Waals surface area contributed by atoms with Gasteiger partial charge in [0, 0.05) is 6.07 Å². The number of pyridine rings is 1. The summed E-state index contributed by atoms with van der Waals surface area (Å²) in [4.78, 5) is 33.4. The topological polar surface area (TPSA) is 126 Å². The normalized spacial score (nSPS) is 10.4. The molecular formula is C15H12N4O5. The number of hydrogen-bond acceptors (Lipinski definition) is 6. The number of anilines is 1. The van der Waals surface area contributed by atoms with E-state index >= 15 is 0 Å². The van der Waals surface area contributed by atoms with E-state index in [0.29, 0.717) is 16.9 Å². The van der Waals surface area contributed by atoms with Gasteiger partial charge in [0.2, 0.25) is 5.95 Å². The summed E-state index contributed by atoms with van der Waals surface area (Å²) in [6, 6.07) is 7.83. The van der Waals surface area contributed by atoms with E-state index in [1.807, 2.05) is 0 Å². The molecule has 2 aromatic heterocycles. The summed E-state index contributed by atoms with van der Waals surface area (Å²) in [5, 5.41) is 11.5. The van der Waals surface area contributed by atoms with Crippen molar-refractivity contribution in [1.82, 2.24) is 15.0 Å². The zero-order chi connectivity index (χ0) is 17.1. The molecule has 0 fully saturated rings. The number of para-hydroxylation sites is 1. The minimum Gasteiger partial charge on any atom is -0.478 e. The number of nitrogens with zero attached hydrogens (tertiary/aromatic N) is 2. The molecule has 0 aliphatic carbocycles. The van der Waals surface area contributed by atoms with E-state index in [9.17, 15) is 9.59 Å². The molecule has 0 atom stereocenters. The summed E-state index contributed by atoms with van der Waals surface area (Å²) in [6.45, 7) is 0. The number of methoxy groups -OCH3 is 1. The van der Waals surface area contributed by atoms with E-state index in [1.165, 1.54) is 19.4 Å². The molecule has 1 amide bonds.